The van der Waals surface area contributed by atoms with Gasteiger partial charge in [0.05, 0.1) is 0 Å². The Morgan fingerprint density at radius 3 is 2.36 bits per heavy atom. The van der Waals surface area contributed by atoms with E-state index in [9.17, 15) is 0 Å². The van der Waals surface area contributed by atoms with Crippen molar-refractivity contribution >= 4 is 5.57 Å². The third-order valence-electron chi connectivity index (χ3n) is 2.23. The van der Waals surface area contributed by atoms with Crippen LogP contribution in [0.1, 0.15) is 12.6 Å². The normalized spacial score (nSPS) is 10.1. The second-order valence-corrected chi connectivity index (χ2v) is 3.43. The molecule has 2 aromatic rings. The van der Waals surface area contributed by atoms with Crippen molar-refractivity contribution in [2.24, 2.45) is 0 Å². The number of nitrogens with one attached hydrogen (secondary N) is 1. The Hall–Kier alpha value is -1.76. The molecule has 2 rings (SSSR count). The fraction of sp³-hybridized carbons (Fsp3) is 0.0769. The molecule has 1 aromatic carbocycles. The number of aromatic nitrogens is 1. The van der Waals surface area contributed by atoms with Gasteiger partial charge < -0.3 is 4.98 Å². The van der Waals surface area contributed by atoms with Gasteiger partial charge in [0.25, 0.3) is 0 Å². The molecule has 0 aliphatic heterocycles. The van der Waals surface area contributed by atoms with Crippen molar-refractivity contribution in [3.05, 3.63) is 54.7 Å². The number of allylic oxidation sites excluding steroid dienone is 1. The van der Waals surface area contributed by atoms with Crippen LogP contribution in [0.15, 0.2) is 49.0 Å². The Balaban J connectivity index is 2.39. The van der Waals surface area contributed by atoms with Crippen LogP contribution in [-0.2, 0) is 0 Å². The molecule has 0 aliphatic rings. The minimum atomic E-state index is 1.06. The maximum atomic E-state index is 3.90. The molecule has 70 valence electrons. The van der Waals surface area contributed by atoms with Gasteiger partial charge in [-0.05, 0) is 30.2 Å². The number of hydrogen-bond donors (Lipinski definition) is 1. The van der Waals surface area contributed by atoms with Crippen LogP contribution < -0.4 is 0 Å². The molecule has 0 bridgehead atoms. The van der Waals surface area contributed by atoms with Crippen LogP contribution in [0.5, 0.6) is 0 Å². The highest BCUT2D eigenvalue weighted by Gasteiger charge is 2.00. The summed E-state index contributed by atoms with van der Waals surface area (Å²) in [6.07, 6.45) is 0. The van der Waals surface area contributed by atoms with E-state index in [-0.39, 0.29) is 0 Å². The van der Waals surface area contributed by atoms with E-state index in [1.807, 2.05) is 25.1 Å². The number of rotatable bonds is 2. The molecule has 0 saturated carbocycles. The fourth-order valence-electron chi connectivity index (χ4n) is 1.43. The van der Waals surface area contributed by atoms with Crippen molar-refractivity contribution in [2.45, 2.75) is 6.92 Å². The Kier molecular flexibility index (Phi) is 2.23. The summed E-state index contributed by atoms with van der Waals surface area (Å²) in [4.78, 5) is 3.33. The van der Waals surface area contributed by atoms with Gasteiger partial charge in [0.2, 0.25) is 0 Å². The van der Waals surface area contributed by atoms with Crippen LogP contribution in [0.2, 0.25) is 0 Å². The third kappa shape index (κ3) is 1.62. The van der Waals surface area contributed by atoms with Gasteiger partial charge in [0, 0.05) is 11.4 Å². The number of hydrogen-bond acceptors (Lipinski definition) is 0. The highest BCUT2D eigenvalue weighted by atomic mass is 14.7. The predicted molar refractivity (Wildman–Crippen MR) is 60.9 cm³/mol. The first-order chi connectivity index (χ1) is 6.77. The van der Waals surface area contributed by atoms with E-state index in [4.69, 9.17) is 0 Å². The summed E-state index contributed by atoms with van der Waals surface area (Å²) < 4.78 is 0. The molecule has 0 atom stereocenters. The summed E-state index contributed by atoms with van der Waals surface area (Å²) in [5.41, 5.74) is 4.51. The average Bonchev–Trinajstić information content (AvgIpc) is 2.68. The molecule has 0 fully saturated rings. The highest BCUT2D eigenvalue weighted by molar-refractivity contribution is 5.66. The number of H-pyrrole nitrogens is 1. The van der Waals surface area contributed by atoms with Crippen LogP contribution in [0.25, 0.3) is 16.8 Å². The second-order valence-electron chi connectivity index (χ2n) is 3.43. The quantitative estimate of drug-likeness (QED) is 0.730. The molecule has 0 saturated heterocycles. The summed E-state index contributed by atoms with van der Waals surface area (Å²) in [6, 6.07) is 14.4. The van der Waals surface area contributed by atoms with E-state index in [0.717, 1.165) is 17.0 Å². The summed E-state index contributed by atoms with van der Waals surface area (Å²) >= 11 is 0. The summed E-state index contributed by atoms with van der Waals surface area (Å²) in [5.74, 6) is 0. The molecule has 1 heterocycles. The standard InChI is InChI=1S/C13H13N/c1-10(2)12-8-9-13(14-12)11-6-4-3-5-7-11/h3-9,14H,1H2,2H3. The average molecular weight is 183 g/mol. The smallest absolute Gasteiger partial charge is 0.0458 e. The Morgan fingerprint density at radius 2 is 1.79 bits per heavy atom. The van der Waals surface area contributed by atoms with Crippen molar-refractivity contribution in [3.8, 4) is 11.3 Å². The van der Waals surface area contributed by atoms with Crippen LogP contribution in [0.4, 0.5) is 0 Å². The fourth-order valence-corrected chi connectivity index (χ4v) is 1.43. The van der Waals surface area contributed by atoms with Gasteiger partial charge in [0.1, 0.15) is 0 Å². The summed E-state index contributed by atoms with van der Waals surface area (Å²) in [5, 5.41) is 0. The number of benzene rings is 1. The monoisotopic (exact) mass is 183 g/mol. The van der Waals surface area contributed by atoms with Gasteiger partial charge in [-0.15, -0.1) is 0 Å². The highest BCUT2D eigenvalue weighted by Crippen LogP contribution is 2.20. The molecule has 1 nitrogen and oxygen atoms in total. The van der Waals surface area contributed by atoms with E-state index in [1.165, 1.54) is 5.56 Å². The summed E-state index contributed by atoms with van der Waals surface area (Å²) in [6.45, 7) is 5.90. The van der Waals surface area contributed by atoms with Crippen molar-refractivity contribution < 1.29 is 0 Å². The molecular formula is C13H13N. The third-order valence-corrected chi connectivity index (χ3v) is 2.23. The molecule has 0 spiro atoms. The van der Waals surface area contributed by atoms with E-state index in [1.54, 1.807) is 0 Å². The molecule has 1 heteroatoms. The van der Waals surface area contributed by atoms with Crippen LogP contribution >= 0.6 is 0 Å². The number of aromatic amines is 1. The van der Waals surface area contributed by atoms with Gasteiger partial charge in [-0.25, -0.2) is 0 Å². The lowest BCUT2D eigenvalue weighted by atomic mass is 10.2. The van der Waals surface area contributed by atoms with Gasteiger partial charge in [-0.2, -0.15) is 0 Å². The van der Waals surface area contributed by atoms with Gasteiger partial charge in [-0.1, -0.05) is 36.9 Å². The molecule has 0 aliphatic carbocycles. The molecule has 1 N–H and O–H groups in total. The molecule has 1 aromatic heterocycles. The van der Waals surface area contributed by atoms with E-state index in [0.29, 0.717) is 0 Å². The lowest BCUT2D eigenvalue weighted by molar-refractivity contribution is 1.34. The zero-order valence-corrected chi connectivity index (χ0v) is 8.25. The van der Waals surface area contributed by atoms with Crippen molar-refractivity contribution in [3.63, 3.8) is 0 Å². The molecule has 14 heavy (non-hydrogen) atoms. The Morgan fingerprint density at radius 1 is 1.07 bits per heavy atom. The molecule has 0 amide bonds. The zero-order valence-electron chi connectivity index (χ0n) is 8.25. The first kappa shape index (κ1) is 8.82. The molecular weight excluding hydrogens is 170 g/mol. The maximum absolute atomic E-state index is 3.90. The van der Waals surface area contributed by atoms with Crippen LogP contribution in [0.3, 0.4) is 0 Å². The Labute approximate surface area is 84.1 Å². The maximum Gasteiger partial charge on any atom is 0.0458 e. The van der Waals surface area contributed by atoms with Crippen molar-refractivity contribution in [1.82, 2.24) is 4.98 Å². The molecule has 0 unspecified atom stereocenters. The second kappa shape index (κ2) is 3.54. The Bertz CT molecular complexity index is 437. The minimum absolute atomic E-state index is 1.06. The largest absolute Gasteiger partial charge is 0.355 e. The van der Waals surface area contributed by atoms with Crippen LogP contribution in [0, 0.1) is 0 Å². The van der Waals surface area contributed by atoms with Gasteiger partial charge in [0.15, 0.2) is 0 Å². The van der Waals surface area contributed by atoms with E-state index >= 15 is 0 Å². The van der Waals surface area contributed by atoms with E-state index in [2.05, 4.69) is 35.8 Å². The van der Waals surface area contributed by atoms with Gasteiger partial charge >= 0.3 is 0 Å². The summed E-state index contributed by atoms with van der Waals surface area (Å²) in [7, 11) is 0. The zero-order chi connectivity index (χ0) is 9.97. The van der Waals surface area contributed by atoms with E-state index < -0.39 is 0 Å². The molecule has 0 radical (unpaired) electrons. The van der Waals surface area contributed by atoms with Crippen molar-refractivity contribution in [1.29, 1.82) is 0 Å². The first-order valence-corrected chi connectivity index (χ1v) is 4.67. The topological polar surface area (TPSA) is 15.8 Å². The lowest BCUT2D eigenvalue weighted by Gasteiger charge is -1.97. The predicted octanol–water partition coefficient (Wildman–Crippen LogP) is 3.71. The first-order valence-electron chi connectivity index (χ1n) is 4.67. The lowest BCUT2D eigenvalue weighted by Crippen LogP contribution is -1.79. The van der Waals surface area contributed by atoms with Gasteiger partial charge in [-0.3, -0.25) is 0 Å². The minimum Gasteiger partial charge on any atom is -0.355 e. The SMILES string of the molecule is C=C(C)c1ccc(-c2ccccc2)[nH]1. The van der Waals surface area contributed by atoms with Crippen LogP contribution in [-0.4, -0.2) is 4.98 Å². The van der Waals surface area contributed by atoms with Crippen molar-refractivity contribution in [2.75, 3.05) is 0 Å².